The number of benzene rings is 1. The number of ether oxygens (including phenoxy) is 2. The van der Waals surface area contributed by atoms with E-state index in [1.54, 1.807) is 10.7 Å². The number of aromatic nitrogens is 3. The number of fused-ring (bicyclic) bond motifs is 1. The highest BCUT2D eigenvalue weighted by Gasteiger charge is 2.69. The zero-order valence-corrected chi connectivity index (χ0v) is 16.8. The van der Waals surface area contributed by atoms with Crippen LogP contribution in [0.4, 0.5) is 14.6 Å². The van der Waals surface area contributed by atoms with Crippen LogP contribution in [0.2, 0.25) is 0 Å². The Morgan fingerprint density at radius 3 is 2.61 bits per heavy atom. The number of halogens is 2. The van der Waals surface area contributed by atoms with E-state index in [0.717, 1.165) is 36.3 Å². The van der Waals surface area contributed by atoms with E-state index < -0.39 is 6.61 Å². The highest BCUT2D eigenvalue weighted by atomic mass is 19.3. The van der Waals surface area contributed by atoms with E-state index in [2.05, 4.69) is 25.5 Å². The minimum Gasteiger partial charge on any atom is -0.484 e. The van der Waals surface area contributed by atoms with Crippen molar-refractivity contribution in [3.63, 3.8) is 0 Å². The van der Waals surface area contributed by atoms with Gasteiger partial charge in [0.1, 0.15) is 17.0 Å². The van der Waals surface area contributed by atoms with E-state index in [4.69, 9.17) is 4.74 Å². The Balaban J connectivity index is 1.11. The summed E-state index contributed by atoms with van der Waals surface area (Å²) in [6.07, 6.45) is 5.99. The van der Waals surface area contributed by atoms with Crippen LogP contribution in [0.5, 0.6) is 11.5 Å². The van der Waals surface area contributed by atoms with Gasteiger partial charge in [0.2, 0.25) is 0 Å². The van der Waals surface area contributed by atoms with Crippen LogP contribution in [-0.4, -0.2) is 44.8 Å². The van der Waals surface area contributed by atoms with Gasteiger partial charge in [0.25, 0.3) is 5.91 Å². The summed E-state index contributed by atoms with van der Waals surface area (Å²) < 4.78 is 35.9. The molecule has 2 heterocycles. The lowest BCUT2D eigenvalue weighted by atomic mass is 9.44. The SMILES string of the molecule is Cc1cc2c(NC34CC(NC(=O)COc5ccc(OC(F)F)cc5)(C3)C4)nccn2n1. The Bertz CT molecular complexity index is 1110. The number of hydrogen-bond donors (Lipinski definition) is 2. The van der Waals surface area contributed by atoms with E-state index >= 15 is 0 Å². The summed E-state index contributed by atoms with van der Waals surface area (Å²) in [5.41, 5.74) is 1.60. The number of aryl methyl sites for hydroxylation is 1. The molecule has 0 unspecified atom stereocenters. The second kappa shape index (κ2) is 7.07. The number of carbonyl (C=O) groups is 1. The predicted octanol–water partition coefficient (Wildman–Crippen LogP) is 2.92. The van der Waals surface area contributed by atoms with Crippen LogP contribution in [0, 0.1) is 6.92 Å². The minimum absolute atomic E-state index is 0.0368. The molecule has 0 radical (unpaired) electrons. The van der Waals surface area contributed by atoms with Crippen molar-refractivity contribution in [1.82, 2.24) is 19.9 Å². The second-order valence-electron chi connectivity index (χ2n) is 8.29. The molecule has 0 spiro atoms. The van der Waals surface area contributed by atoms with Crippen molar-refractivity contribution in [1.29, 1.82) is 0 Å². The summed E-state index contributed by atoms with van der Waals surface area (Å²) in [7, 11) is 0. The van der Waals surface area contributed by atoms with Crippen molar-refractivity contribution < 1.29 is 23.0 Å². The van der Waals surface area contributed by atoms with E-state index in [1.165, 1.54) is 24.3 Å². The van der Waals surface area contributed by atoms with Gasteiger partial charge in [0.05, 0.1) is 5.69 Å². The van der Waals surface area contributed by atoms with Gasteiger partial charge >= 0.3 is 6.61 Å². The van der Waals surface area contributed by atoms with E-state index in [0.29, 0.717) is 5.75 Å². The third-order valence-electron chi connectivity index (χ3n) is 5.75. The number of amides is 1. The molecule has 3 saturated carbocycles. The van der Waals surface area contributed by atoms with Crippen molar-refractivity contribution in [2.75, 3.05) is 11.9 Å². The Labute approximate surface area is 176 Å². The summed E-state index contributed by atoms with van der Waals surface area (Å²) >= 11 is 0. The summed E-state index contributed by atoms with van der Waals surface area (Å²) in [5, 5.41) is 11.0. The number of alkyl halides is 2. The fourth-order valence-electron chi connectivity index (χ4n) is 4.64. The first kappa shape index (κ1) is 19.5. The standard InChI is InChI=1S/C21H21F2N5O3/c1-13-8-16-18(24-6-7-28(16)27-13)26-21-10-20(11-21,12-21)25-17(29)9-30-14-2-4-15(5-3-14)31-19(22)23/h2-8,19H,9-12H2,1H3,(H,24,26)(H,25,29). The lowest BCUT2D eigenvalue weighted by Gasteiger charge is -2.70. The topological polar surface area (TPSA) is 89.8 Å². The molecule has 162 valence electrons. The highest BCUT2D eigenvalue weighted by Crippen LogP contribution is 2.61. The van der Waals surface area contributed by atoms with Crippen LogP contribution in [0.1, 0.15) is 25.0 Å². The zero-order valence-electron chi connectivity index (χ0n) is 16.8. The number of anilines is 1. The van der Waals surface area contributed by atoms with Crippen LogP contribution in [0.3, 0.4) is 0 Å². The second-order valence-corrected chi connectivity index (χ2v) is 8.29. The number of carbonyl (C=O) groups excluding carboxylic acids is 1. The average Bonchev–Trinajstić information content (AvgIpc) is 3.05. The summed E-state index contributed by atoms with van der Waals surface area (Å²) in [6, 6.07) is 7.69. The molecule has 2 N–H and O–H groups in total. The molecule has 2 aromatic heterocycles. The third-order valence-corrected chi connectivity index (χ3v) is 5.75. The van der Waals surface area contributed by atoms with Crippen molar-refractivity contribution in [3.05, 3.63) is 48.4 Å². The van der Waals surface area contributed by atoms with Gasteiger partial charge in [-0.25, -0.2) is 9.50 Å². The molecular weight excluding hydrogens is 408 g/mol. The lowest BCUT2D eigenvalue weighted by molar-refractivity contribution is -0.135. The van der Waals surface area contributed by atoms with Crippen molar-refractivity contribution in [3.8, 4) is 11.5 Å². The van der Waals surface area contributed by atoms with Gasteiger partial charge < -0.3 is 20.1 Å². The number of rotatable bonds is 8. The van der Waals surface area contributed by atoms with Crippen molar-refractivity contribution >= 4 is 17.2 Å². The number of hydrogen-bond acceptors (Lipinski definition) is 6. The lowest BCUT2D eigenvalue weighted by Crippen LogP contribution is -2.81. The molecule has 3 aliphatic carbocycles. The Hall–Kier alpha value is -3.43. The number of nitrogens with zero attached hydrogens (tertiary/aromatic N) is 3. The molecule has 6 rings (SSSR count). The van der Waals surface area contributed by atoms with E-state index in [9.17, 15) is 13.6 Å². The molecule has 31 heavy (non-hydrogen) atoms. The van der Waals surface area contributed by atoms with Gasteiger partial charge in [-0.1, -0.05) is 0 Å². The van der Waals surface area contributed by atoms with Gasteiger partial charge in [0, 0.05) is 23.5 Å². The van der Waals surface area contributed by atoms with Gasteiger partial charge in [-0.2, -0.15) is 13.9 Å². The minimum atomic E-state index is -2.88. The van der Waals surface area contributed by atoms with Crippen molar-refractivity contribution in [2.45, 2.75) is 43.9 Å². The molecule has 3 fully saturated rings. The Kier molecular flexibility index (Phi) is 4.45. The maximum absolute atomic E-state index is 12.3. The fourth-order valence-corrected chi connectivity index (χ4v) is 4.64. The molecular formula is C21H21F2N5O3. The summed E-state index contributed by atoms with van der Waals surface area (Å²) in [6.45, 7) is -1.08. The van der Waals surface area contributed by atoms with Crippen LogP contribution in [-0.2, 0) is 4.79 Å². The third kappa shape index (κ3) is 3.73. The molecule has 10 heteroatoms. The Morgan fingerprint density at radius 2 is 1.90 bits per heavy atom. The van der Waals surface area contributed by atoms with Crippen LogP contribution >= 0.6 is 0 Å². The van der Waals surface area contributed by atoms with E-state index in [-0.39, 0.29) is 29.3 Å². The Morgan fingerprint density at radius 1 is 1.19 bits per heavy atom. The molecule has 0 atom stereocenters. The van der Waals surface area contributed by atoms with Gasteiger partial charge in [-0.05, 0) is 56.5 Å². The molecule has 1 aromatic carbocycles. The predicted molar refractivity (Wildman–Crippen MR) is 107 cm³/mol. The first-order chi connectivity index (χ1) is 14.8. The van der Waals surface area contributed by atoms with Crippen LogP contribution in [0.25, 0.3) is 5.52 Å². The maximum Gasteiger partial charge on any atom is 0.387 e. The van der Waals surface area contributed by atoms with Gasteiger partial charge in [0.15, 0.2) is 12.4 Å². The van der Waals surface area contributed by atoms with Crippen LogP contribution < -0.4 is 20.1 Å². The molecule has 2 bridgehead atoms. The van der Waals surface area contributed by atoms with Gasteiger partial charge in [-0.3, -0.25) is 4.79 Å². The fraction of sp³-hybridized carbons (Fsp3) is 0.381. The molecule has 3 aliphatic rings. The first-order valence-corrected chi connectivity index (χ1v) is 9.92. The largest absolute Gasteiger partial charge is 0.484 e. The maximum atomic E-state index is 12.3. The van der Waals surface area contributed by atoms with Gasteiger partial charge in [-0.15, -0.1) is 0 Å². The smallest absolute Gasteiger partial charge is 0.387 e. The normalized spacial score (nSPS) is 23.7. The number of nitrogens with one attached hydrogen (secondary N) is 2. The molecule has 0 aliphatic heterocycles. The quantitative estimate of drug-likeness (QED) is 0.572. The highest BCUT2D eigenvalue weighted by molar-refractivity contribution is 5.79. The zero-order chi connectivity index (χ0) is 21.6. The molecule has 8 nitrogen and oxygen atoms in total. The van der Waals surface area contributed by atoms with Crippen LogP contribution in [0.15, 0.2) is 42.7 Å². The molecule has 3 aromatic rings. The molecule has 0 saturated heterocycles. The van der Waals surface area contributed by atoms with Crippen molar-refractivity contribution in [2.24, 2.45) is 0 Å². The monoisotopic (exact) mass is 429 g/mol. The average molecular weight is 429 g/mol. The summed E-state index contributed by atoms with van der Waals surface area (Å²) in [4.78, 5) is 16.7. The molecule has 1 amide bonds. The summed E-state index contributed by atoms with van der Waals surface area (Å²) in [5.74, 6) is 1.02. The van der Waals surface area contributed by atoms with E-state index in [1.807, 2.05) is 19.2 Å². The first-order valence-electron chi connectivity index (χ1n) is 9.92.